The molecule has 0 spiro atoms. The lowest BCUT2D eigenvalue weighted by atomic mass is 10.1. The van der Waals surface area contributed by atoms with Crippen molar-refractivity contribution in [2.45, 2.75) is 25.8 Å². The molecule has 3 heteroatoms. The van der Waals surface area contributed by atoms with Crippen molar-refractivity contribution in [3.63, 3.8) is 0 Å². The average molecular weight is 229 g/mol. The second-order valence-electron chi connectivity index (χ2n) is 4.47. The van der Waals surface area contributed by atoms with E-state index in [2.05, 4.69) is 10.6 Å². The number of hydrogen-bond acceptors (Lipinski definition) is 2. The van der Waals surface area contributed by atoms with Crippen molar-refractivity contribution >= 4 is 17.2 Å². The summed E-state index contributed by atoms with van der Waals surface area (Å²) >= 11 is 0. The lowest BCUT2D eigenvalue weighted by Gasteiger charge is -2.16. The fourth-order valence-corrected chi connectivity index (χ4v) is 2.76. The van der Waals surface area contributed by atoms with Crippen LogP contribution in [0.1, 0.15) is 28.9 Å². The van der Waals surface area contributed by atoms with E-state index in [0.29, 0.717) is 0 Å². The van der Waals surface area contributed by atoms with Crippen LogP contribution in [0.5, 0.6) is 5.75 Å². The number of hydrogen-bond donors (Lipinski definition) is 0. The average Bonchev–Trinajstić information content (AvgIpc) is 2.71. The molecule has 3 rings (SSSR count). The summed E-state index contributed by atoms with van der Waals surface area (Å²) in [5, 5.41) is 1.02. The summed E-state index contributed by atoms with van der Waals surface area (Å²) < 4.78 is 7.51. The van der Waals surface area contributed by atoms with E-state index in [1.165, 1.54) is 18.5 Å². The van der Waals surface area contributed by atoms with Gasteiger partial charge < -0.3 is 9.30 Å². The second-order valence-corrected chi connectivity index (χ2v) is 4.47. The highest BCUT2D eigenvalue weighted by atomic mass is 16.5. The van der Waals surface area contributed by atoms with Crippen molar-refractivity contribution in [1.82, 2.24) is 4.57 Å². The Balaban J connectivity index is 2.34. The monoisotopic (exact) mass is 229 g/mol. The molecule has 0 amide bonds. The number of benzene rings is 1. The Hall–Kier alpha value is -1.77. The minimum Gasteiger partial charge on any atom is -0.497 e. The molecule has 0 bridgehead atoms. The van der Waals surface area contributed by atoms with Gasteiger partial charge in [-0.2, -0.15) is 0 Å². The van der Waals surface area contributed by atoms with Gasteiger partial charge in [0.2, 0.25) is 0 Å². The van der Waals surface area contributed by atoms with Gasteiger partial charge in [-0.1, -0.05) is 0 Å². The zero-order valence-electron chi connectivity index (χ0n) is 9.90. The van der Waals surface area contributed by atoms with Crippen LogP contribution in [0.15, 0.2) is 18.2 Å². The molecule has 1 aliphatic rings. The molecule has 0 radical (unpaired) electrons. The second kappa shape index (κ2) is 3.91. The van der Waals surface area contributed by atoms with Gasteiger partial charge in [0.1, 0.15) is 5.75 Å². The van der Waals surface area contributed by atoms with E-state index in [1.54, 1.807) is 7.11 Å². The molecule has 17 heavy (non-hydrogen) atoms. The van der Waals surface area contributed by atoms with Gasteiger partial charge in [-0.05, 0) is 37.5 Å². The van der Waals surface area contributed by atoms with E-state index in [-0.39, 0.29) is 0 Å². The number of aryl methyl sites for hydroxylation is 1. The van der Waals surface area contributed by atoms with Crippen LogP contribution in [0.3, 0.4) is 0 Å². The van der Waals surface area contributed by atoms with Gasteiger partial charge in [-0.15, -0.1) is 0 Å². The summed E-state index contributed by atoms with van der Waals surface area (Å²) in [6.45, 7) is 1.02. The fourth-order valence-electron chi connectivity index (χ4n) is 2.76. The maximum atomic E-state index is 11.3. The third-order valence-electron chi connectivity index (χ3n) is 3.58. The van der Waals surface area contributed by atoms with Gasteiger partial charge in [0.05, 0.1) is 7.11 Å². The summed E-state index contributed by atoms with van der Waals surface area (Å²) in [5.74, 6) is 0.809. The van der Waals surface area contributed by atoms with Crippen LogP contribution in [0.4, 0.5) is 0 Å². The molecule has 88 valence electrons. The van der Waals surface area contributed by atoms with Crippen LogP contribution in [0.2, 0.25) is 0 Å². The third-order valence-corrected chi connectivity index (χ3v) is 3.58. The van der Waals surface area contributed by atoms with Crippen LogP contribution in [0, 0.1) is 0 Å². The van der Waals surface area contributed by atoms with Gasteiger partial charge in [-0.3, -0.25) is 4.79 Å². The van der Waals surface area contributed by atoms with Gasteiger partial charge in [-0.25, -0.2) is 0 Å². The minimum atomic E-state index is 0.809. The predicted molar refractivity (Wildman–Crippen MR) is 66.8 cm³/mol. The number of nitrogens with zero attached hydrogens (tertiary/aromatic N) is 1. The topological polar surface area (TPSA) is 31.2 Å². The van der Waals surface area contributed by atoms with E-state index < -0.39 is 0 Å². The van der Waals surface area contributed by atoms with Crippen molar-refractivity contribution in [2.75, 3.05) is 7.11 Å². The minimum absolute atomic E-state index is 0.809. The van der Waals surface area contributed by atoms with Crippen LogP contribution in [-0.4, -0.2) is 18.0 Å². The number of rotatable bonds is 2. The van der Waals surface area contributed by atoms with E-state index in [1.807, 2.05) is 12.1 Å². The van der Waals surface area contributed by atoms with Gasteiger partial charge in [0.25, 0.3) is 0 Å². The summed E-state index contributed by atoms with van der Waals surface area (Å²) in [6, 6.07) is 5.97. The number of carbonyl (C=O) groups excluding carboxylic acids is 1. The molecule has 0 aliphatic carbocycles. The van der Waals surface area contributed by atoms with E-state index in [0.717, 1.165) is 41.5 Å². The molecular weight excluding hydrogens is 214 g/mol. The summed E-state index contributed by atoms with van der Waals surface area (Å²) in [5.41, 5.74) is 3.19. The number of fused-ring (bicyclic) bond motifs is 3. The first-order valence-corrected chi connectivity index (χ1v) is 5.99. The Morgan fingerprint density at radius 1 is 1.35 bits per heavy atom. The van der Waals surface area contributed by atoms with Crippen LogP contribution in [0.25, 0.3) is 10.9 Å². The molecule has 0 unspecified atom stereocenters. The Kier molecular flexibility index (Phi) is 2.39. The molecule has 2 heterocycles. The molecule has 1 aliphatic heterocycles. The highest BCUT2D eigenvalue weighted by molar-refractivity contribution is 6.00. The Morgan fingerprint density at radius 3 is 3.00 bits per heavy atom. The predicted octanol–water partition coefficient (Wildman–Crippen LogP) is 2.80. The van der Waals surface area contributed by atoms with E-state index in [4.69, 9.17) is 4.74 Å². The number of aldehydes is 1. The molecule has 3 nitrogen and oxygen atoms in total. The molecule has 0 saturated carbocycles. The zero-order chi connectivity index (χ0) is 11.8. The van der Waals surface area contributed by atoms with Crippen molar-refractivity contribution in [3.05, 3.63) is 29.5 Å². The Morgan fingerprint density at radius 2 is 2.24 bits per heavy atom. The molecule has 1 aromatic carbocycles. The molecule has 1 aromatic heterocycles. The highest BCUT2D eigenvalue weighted by Crippen LogP contribution is 2.31. The van der Waals surface area contributed by atoms with Crippen molar-refractivity contribution in [1.29, 1.82) is 0 Å². The first-order chi connectivity index (χ1) is 8.35. The lowest BCUT2D eigenvalue weighted by Crippen LogP contribution is -2.10. The van der Waals surface area contributed by atoms with Gasteiger partial charge in [0.15, 0.2) is 6.29 Å². The largest absolute Gasteiger partial charge is 0.497 e. The standard InChI is InChI=1S/C14H15NO2/c1-17-10-5-6-14-11(8-10)12(9-16)13-4-2-3-7-15(13)14/h5-6,8-9H,2-4,7H2,1H3. The summed E-state index contributed by atoms with van der Waals surface area (Å²) in [6.07, 6.45) is 4.36. The number of carbonyl (C=O) groups is 1. The quantitative estimate of drug-likeness (QED) is 0.741. The molecule has 0 atom stereocenters. The maximum Gasteiger partial charge on any atom is 0.152 e. The maximum absolute atomic E-state index is 11.3. The van der Waals surface area contributed by atoms with Gasteiger partial charge in [0, 0.05) is 28.7 Å². The van der Waals surface area contributed by atoms with Crippen molar-refractivity contribution in [2.24, 2.45) is 0 Å². The Bertz CT molecular complexity index is 583. The fraction of sp³-hybridized carbons (Fsp3) is 0.357. The van der Waals surface area contributed by atoms with E-state index >= 15 is 0 Å². The SMILES string of the molecule is COc1ccc2c(c1)c(C=O)c1n2CCCC1. The van der Waals surface area contributed by atoms with Crippen LogP contribution in [-0.2, 0) is 13.0 Å². The molecule has 2 aromatic rings. The lowest BCUT2D eigenvalue weighted by molar-refractivity contribution is 0.112. The van der Waals surface area contributed by atoms with Crippen molar-refractivity contribution < 1.29 is 9.53 Å². The third kappa shape index (κ3) is 1.46. The van der Waals surface area contributed by atoms with Crippen LogP contribution >= 0.6 is 0 Å². The number of aromatic nitrogens is 1. The first-order valence-electron chi connectivity index (χ1n) is 5.99. The molecule has 0 saturated heterocycles. The zero-order valence-corrected chi connectivity index (χ0v) is 9.90. The molecule has 0 fully saturated rings. The number of ether oxygens (including phenoxy) is 1. The normalized spacial score (nSPS) is 14.6. The summed E-state index contributed by atoms with van der Waals surface area (Å²) in [7, 11) is 1.65. The molecule has 0 N–H and O–H groups in total. The highest BCUT2D eigenvalue weighted by Gasteiger charge is 2.19. The summed E-state index contributed by atoms with van der Waals surface area (Å²) in [4.78, 5) is 11.3. The first kappa shape index (κ1) is 10.4. The number of methoxy groups -OCH3 is 1. The Labute approximate surface area is 100.0 Å². The van der Waals surface area contributed by atoms with Crippen molar-refractivity contribution in [3.8, 4) is 5.75 Å². The van der Waals surface area contributed by atoms with E-state index in [9.17, 15) is 4.79 Å². The van der Waals surface area contributed by atoms with Crippen LogP contribution < -0.4 is 4.74 Å². The molecular formula is C14H15NO2. The smallest absolute Gasteiger partial charge is 0.152 e. The van der Waals surface area contributed by atoms with Gasteiger partial charge >= 0.3 is 0 Å².